The number of hydrogen-bond acceptors (Lipinski definition) is 8. The van der Waals surface area contributed by atoms with Crippen molar-refractivity contribution < 1.29 is 13.2 Å². The molecule has 0 unspecified atom stereocenters. The zero-order valence-electron chi connectivity index (χ0n) is 19.9. The summed E-state index contributed by atoms with van der Waals surface area (Å²) >= 11 is 0. The molecule has 0 fully saturated rings. The quantitative estimate of drug-likeness (QED) is 0.304. The van der Waals surface area contributed by atoms with Gasteiger partial charge in [-0.1, -0.05) is 36.4 Å². The molecule has 0 radical (unpaired) electrons. The van der Waals surface area contributed by atoms with Crippen LogP contribution in [0.15, 0.2) is 85.5 Å². The fourth-order valence-corrected chi connectivity index (χ4v) is 4.98. The summed E-state index contributed by atoms with van der Waals surface area (Å²) in [5.41, 5.74) is 4.32. The molecule has 0 amide bonds. The summed E-state index contributed by atoms with van der Waals surface area (Å²) in [6.07, 6.45) is 6.49. The second kappa shape index (κ2) is 10.2. The topological polar surface area (TPSA) is 131 Å². The lowest BCUT2D eigenvalue weighted by Gasteiger charge is -2.12. The third-order valence-electron chi connectivity index (χ3n) is 5.42. The van der Waals surface area contributed by atoms with Gasteiger partial charge in [0, 0.05) is 29.7 Å². The highest BCUT2D eigenvalue weighted by Gasteiger charge is 2.17. The molecule has 5 rings (SSSR count). The molecule has 0 bridgehead atoms. The number of rotatable bonds is 9. The maximum Gasteiger partial charge on any atom is 0.239 e. The van der Waals surface area contributed by atoms with Crippen molar-refractivity contribution in [2.24, 2.45) is 0 Å². The number of sulfonamides is 1. The van der Waals surface area contributed by atoms with E-state index in [1.807, 2.05) is 60.8 Å². The van der Waals surface area contributed by atoms with E-state index in [-0.39, 0.29) is 5.69 Å². The van der Waals surface area contributed by atoms with Gasteiger partial charge in [0.2, 0.25) is 10.0 Å². The summed E-state index contributed by atoms with van der Waals surface area (Å²) in [5, 5.41) is 8.05. The van der Waals surface area contributed by atoms with Crippen molar-refractivity contribution in [2.75, 3.05) is 15.8 Å². The fourth-order valence-electron chi connectivity index (χ4n) is 3.90. The number of carbonyl (C=O) groups is 1. The first-order valence-electron chi connectivity index (χ1n) is 11.4. The van der Waals surface area contributed by atoms with E-state index < -0.39 is 21.6 Å². The monoisotopic (exact) mass is 513 g/mol. The average molecular weight is 514 g/mol. The van der Waals surface area contributed by atoms with E-state index in [9.17, 15) is 13.2 Å². The maximum absolute atomic E-state index is 12.2. The van der Waals surface area contributed by atoms with Crippen LogP contribution in [0.4, 0.5) is 11.5 Å². The van der Waals surface area contributed by atoms with Gasteiger partial charge >= 0.3 is 0 Å². The van der Waals surface area contributed by atoms with Gasteiger partial charge < -0.3 is 5.32 Å². The van der Waals surface area contributed by atoms with Crippen LogP contribution in [0.1, 0.15) is 12.6 Å². The van der Waals surface area contributed by atoms with Crippen molar-refractivity contribution >= 4 is 32.8 Å². The number of Topliss-reactive ketones (excluding diaryl/α,β-unsaturated/α-hetero) is 1. The number of fused-ring (bicyclic) bond motifs is 1. The molecule has 0 aliphatic carbocycles. The third kappa shape index (κ3) is 5.62. The molecule has 10 nitrogen and oxygen atoms in total. The predicted molar refractivity (Wildman–Crippen MR) is 141 cm³/mol. The maximum atomic E-state index is 12.2. The molecule has 0 atom stereocenters. The lowest BCUT2D eigenvalue weighted by molar-refractivity contribution is -0.114. The van der Waals surface area contributed by atoms with E-state index in [1.165, 1.54) is 13.1 Å². The van der Waals surface area contributed by atoms with Crippen LogP contribution in [0.2, 0.25) is 0 Å². The van der Waals surface area contributed by atoms with Crippen LogP contribution in [-0.2, 0) is 21.4 Å². The van der Waals surface area contributed by atoms with Crippen LogP contribution >= 0.6 is 0 Å². The summed E-state index contributed by atoms with van der Waals surface area (Å²) in [6.45, 7) is 1.66. The van der Waals surface area contributed by atoms with Crippen molar-refractivity contribution in [3.05, 3.63) is 91.1 Å². The molecule has 4 heterocycles. The van der Waals surface area contributed by atoms with Crippen molar-refractivity contribution in [3.8, 4) is 22.5 Å². The highest BCUT2D eigenvalue weighted by molar-refractivity contribution is 7.93. The van der Waals surface area contributed by atoms with Gasteiger partial charge in [0.1, 0.15) is 17.1 Å². The van der Waals surface area contributed by atoms with Crippen molar-refractivity contribution in [3.63, 3.8) is 0 Å². The molecule has 0 saturated heterocycles. The Morgan fingerprint density at radius 3 is 2.57 bits per heavy atom. The number of nitrogens with one attached hydrogen (secondary N) is 2. The summed E-state index contributed by atoms with van der Waals surface area (Å²) < 4.78 is 28.6. The van der Waals surface area contributed by atoms with Gasteiger partial charge in [-0.25, -0.2) is 17.9 Å². The molecule has 2 N–H and O–H groups in total. The zero-order valence-corrected chi connectivity index (χ0v) is 20.7. The number of hydrogen-bond donors (Lipinski definition) is 2. The van der Waals surface area contributed by atoms with E-state index in [0.29, 0.717) is 23.8 Å². The number of ketones is 1. The van der Waals surface area contributed by atoms with Crippen LogP contribution < -0.4 is 10.0 Å². The van der Waals surface area contributed by atoms with Crippen molar-refractivity contribution in [2.45, 2.75) is 13.5 Å². The molecule has 0 saturated carbocycles. The lowest BCUT2D eigenvalue weighted by Crippen LogP contribution is -2.21. The van der Waals surface area contributed by atoms with Crippen LogP contribution in [0.5, 0.6) is 0 Å². The fraction of sp³-hybridized carbons (Fsp3) is 0.115. The van der Waals surface area contributed by atoms with Gasteiger partial charge in [-0.15, -0.1) is 5.10 Å². The van der Waals surface area contributed by atoms with E-state index in [0.717, 1.165) is 22.3 Å². The van der Waals surface area contributed by atoms with Gasteiger partial charge in [-0.2, -0.15) is 0 Å². The molecule has 186 valence electrons. The number of benzene rings is 1. The first-order valence-corrected chi connectivity index (χ1v) is 13.1. The Bertz CT molecular complexity index is 1670. The molecule has 0 aliphatic rings. The number of carbonyl (C=O) groups excluding carboxylic acids is 1. The highest BCUT2D eigenvalue weighted by atomic mass is 32.2. The summed E-state index contributed by atoms with van der Waals surface area (Å²) in [5.74, 6) is -0.156. The van der Waals surface area contributed by atoms with Crippen LogP contribution in [-0.4, -0.2) is 44.5 Å². The Morgan fingerprint density at radius 1 is 1.00 bits per heavy atom. The van der Waals surface area contributed by atoms with Crippen molar-refractivity contribution in [1.29, 1.82) is 0 Å². The first-order chi connectivity index (χ1) is 17.9. The van der Waals surface area contributed by atoms with Gasteiger partial charge in [0.05, 0.1) is 24.1 Å². The molecule has 37 heavy (non-hydrogen) atoms. The normalized spacial score (nSPS) is 11.4. The minimum absolute atomic E-state index is 0.211. The largest absolute Gasteiger partial charge is 0.363 e. The third-order valence-corrected chi connectivity index (χ3v) is 6.76. The molecular formula is C26H23N7O3S. The smallest absolute Gasteiger partial charge is 0.239 e. The molecule has 11 heteroatoms. The van der Waals surface area contributed by atoms with Gasteiger partial charge in [-0.05, 0) is 36.8 Å². The van der Waals surface area contributed by atoms with Gasteiger partial charge in [0.25, 0.3) is 0 Å². The molecule has 1 aromatic carbocycles. The average Bonchev–Trinajstić information content (AvgIpc) is 3.32. The summed E-state index contributed by atoms with van der Waals surface area (Å²) in [6, 6.07) is 19.2. The Kier molecular flexibility index (Phi) is 6.60. The van der Waals surface area contributed by atoms with E-state index in [2.05, 4.69) is 25.1 Å². The van der Waals surface area contributed by atoms with E-state index in [4.69, 9.17) is 4.98 Å². The first kappa shape index (κ1) is 24.1. The van der Waals surface area contributed by atoms with Gasteiger partial charge in [-0.3, -0.25) is 19.5 Å². The van der Waals surface area contributed by atoms with Gasteiger partial charge in [0.15, 0.2) is 11.6 Å². The lowest BCUT2D eigenvalue weighted by atomic mass is 10.1. The van der Waals surface area contributed by atoms with Crippen molar-refractivity contribution in [1.82, 2.24) is 24.6 Å². The minimum atomic E-state index is -3.85. The van der Waals surface area contributed by atoms with Crippen LogP contribution in [0.3, 0.4) is 0 Å². The van der Waals surface area contributed by atoms with E-state index >= 15 is 0 Å². The van der Waals surface area contributed by atoms with Crippen LogP contribution in [0, 0.1) is 0 Å². The Labute approximate surface area is 213 Å². The Hall–Kier alpha value is -4.64. The molecule has 4 aromatic heterocycles. The molecule has 0 aliphatic heterocycles. The second-order valence-electron chi connectivity index (χ2n) is 8.37. The Balaban J connectivity index is 1.56. The number of pyridine rings is 2. The summed E-state index contributed by atoms with van der Waals surface area (Å²) in [7, 11) is -3.85. The van der Waals surface area contributed by atoms with Crippen LogP contribution in [0.25, 0.3) is 28.0 Å². The Morgan fingerprint density at radius 2 is 1.81 bits per heavy atom. The number of aromatic nitrogens is 5. The number of anilines is 2. The molecule has 0 spiro atoms. The predicted octanol–water partition coefficient (Wildman–Crippen LogP) is 3.80. The molecular weight excluding hydrogens is 490 g/mol. The minimum Gasteiger partial charge on any atom is -0.363 e. The highest BCUT2D eigenvalue weighted by Crippen LogP contribution is 2.31. The zero-order chi connectivity index (χ0) is 25.8. The summed E-state index contributed by atoms with van der Waals surface area (Å²) in [4.78, 5) is 24.6. The number of nitrogens with zero attached hydrogens (tertiary/aromatic N) is 5. The second-order valence-corrected chi connectivity index (χ2v) is 10.1. The SMILES string of the molecule is CC(=O)CS(=O)(=O)Nc1cncc(-c2nc(NCc3ccccn3)c3c(-c4ccccc4)ccn3n2)c1. The van der Waals surface area contributed by atoms with E-state index in [1.54, 1.807) is 23.0 Å². The molecule has 5 aromatic rings. The standard InChI is InChI=1S/C26H23N7O3S/c1-18(34)17-37(35,36)32-22-13-20(14-27-15-22)25-30-26(29-16-21-9-5-6-11-28-21)24-23(10-12-33(24)31-25)19-7-3-2-4-8-19/h2-15,32H,16-17H2,1H3,(H,29,30,31).